The number of nitrogens with zero attached hydrogens (tertiary/aromatic N) is 1. The first-order chi connectivity index (χ1) is 8.97. The van der Waals surface area contributed by atoms with Gasteiger partial charge in [0.25, 0.3) is 0 Å². The molecule has 0 aliphatic carbocycles. The Labute approximate surface area is 118 Å². The largest absolute Gasteiger partial charge is 0.480 e. The van der Waals surface area contributed by atoms with E-state index in [-0.39, 0.29) is 13.1 Å². The number of hydrogen-bond donors (Lipinski definition) is 3. The van der Waals surface area contributed by atoms with Crippen LogP contribution in [0.5, 0.6) is 0 Å². The van der Waals surface area contributed by atoms with E-state index >= 15 is 0 Å². The highest BCUT2D eigenvalue weighted by Crippen LogP contribution is 2.02. The predicted molar refractivity (Wildman–Crippen MR) is 73.5 cm³/mol. The molecule has 9 heteroatoms. The number of urea groups is 1. The number of carboxylic acids is 1. The average molecular weight is 305 g/mol. The summed E-state index contributed by atoms with van der Waals surface area (Å²) in [5.74, 6) is 0.989. The summed E-state index contributed by atoms with van der Waals surface area (Å²) in [6.45, 7) is 2.46. The van der Waals surface area contributed by atoms with Gasteiger partial charge in [0.1, 0.15) is 6.54 Å². The highest BCUT2D eigenvalue weighted by molar-refractivity contribution is 7.88. The molecule has 8 nitrogen and oxygen atoms in total. The van der Waals surface area contributed by atoms with E-state index in [1.54, 1.807) is 13.8 Å². The van der Waals surface area contributed by atoms with Crippen LogP contribution in [0.3, 0.4) is 0 Å². The van der Waals surface area contributed by atoms with Gasteiger partial charge in [0, 0.05) is 12.1 Å². The van der Waals surface area contributed by atoms with Crippen molar-refractivity contribution in [1.82, 2.24) is 14.9 Å². The van der Waals surface area contributed by atoms with Gasteiger partial charge in [0.2, 0.25) is 10.0 Å². The van der Waals surface area contributed by atoms with Gasteiger partial charge in [-0.05, 0) is 13.8 Å². The van der Waals surface area contributed by atoms with Crippen LogP contribution in [0.2, 0.25) is 0 Å². The third kappa shape index (κ3) is 8.34. The van der Waals surface area contributed by atoms with Crippen LogP contribution in [0.25, 0.3) is 0 Å². The molecule has 114 valence electrons. The molecule has 0 aromatic rings. The van der Waals surface area contributed by atoms with Crippen LogP contribution in [-0.2, 0) is 14.8 Å². The summed E-state index contributed by atoms with van der Waals surface area (Å²) >= 11 is 0. The van der Waals surface area contributed by atoms with Gasteiger partial charge < -0.3 is 15.3 Å². The third-order valence-corrected chi connectivity index (χ3v) is 2.96. The van der Waals surface area contributed by atoms with E-state index in [9.17, 15) is 18.0 Å². The molecule has 3 N–H and O–H groups in total. The molecular formula is C11H19N3O5S. The van der Waals surface area contributed by atoms with Crippen LogP contribution in [0.15, 0.2) is 0 Å². The van der Waals surface area contributed by atoms with Crippen LogP contribution >= 0.6 is 0 Å². The molecule has 0 fully saturated rings. The highest BCUT2D eigenvalue weighted by Gasteiger charge is 2.24. The number of aliphatic carboxylic acids is 1. The van der Waals surface area contributed by atoms with Crippen molar-refractivity contribution in [3.05, 3.63) is 0 Å². The second-order valence-corrected chi connectivity index (χ2v) is 6.62. The zero-order chi connectivity index (χ0) is 16.0. The molecule has 0 heterocycles. The van der Waals surface area contributed by atoms with Crippen LogP contribution in [0.1, 0.15) is 13.8 Å². The lowest BCUT2D eigenvalue weighted by molar-refractivity contribution is -0.137. The number of rotatable bonds is 7. The van der Waals surface area contributed by atoms with Gasteiger partial charge in [-0.2, -0.15) is 0 Å². The summed E-state index contributed by atoms with van der Waals surface area (Å²) in [7, 11) is -3.42. The molecular weight excluding hydrogens is 286 g/mol. The molecule has 0 spiro atoms. The maximum atomic E-state index is 11.8. The van der Waals surface area contributed by atoms with E-state index in [0.717, 1.165) is 11.2 Å². The lowest BCUT2D eigenvalue weighted by Gasteiger charge is -2.27. The van der Waals surface area contributed by atoms with E-state index in [1.165, 1.54) is 0 Å². The third-order valence-electron chi connectivity index (χ3n) is 2.04. The van der Waals surface area contributed by atoms with Crippen LogP contribution in [-0.4, -0.2) is 61.9 Å². The van der Waals surface area contributed by atoms with Crippen molar-refractivity contribution >= 4 is 22.0 Å². The maximum absolute atomic E-state index is 11.8. The monoisotopic (exact) mass is 305 g/mol. The Bertz CT molecular complexity index is 507. The molecule has 0 rings (SSSR count). The molecule has 0 radical (unpaired) electrons. The number of nitrogens with one attached hydrogen (secondary N) is 2. The van der Waals surface area contributed by atoms with Gasteiger partial charge in [-0.3, -0.25) is 4.79 Å². The minimum atomic E-state index is -3.42. The summed E-state index contributed by atoms with van der Waals surface area (Å²) < 4.78 is 24.6. The Balaban J connectivity index is 4.58. The molecule has 0 aromatic carbocycles. The summed E-state index contributed by atoms with van der Waals surface area (Å²) in [5, 5.41) is 11.1. The number of amides is 2. The quantitative estimate of drug-likeness (QED) is 0.524. The maximum Gasteiger partial charge on any atom is 0.323 e. The fraction of sp³-hybridized carbons (Fsp3) is 0.636. The average Bonchev–Trinajstić information content (AvgIpc) is 2.21. The number of carbonyl (C=O) groups is 2. The summed E-state index contributed by atoms with van der Waals surface area (Å²) in [6, 6.07) is -0.672. The van der Waals surface area contributed by atoms with Crippen molar-refractivity contribution in [3.63, 3.8) is 0 Å². The first-order valence-electron chi connectivity index (χ1n) is 5.64. The van der Waals surface area contributed by atoms with Gasteiger partial charge in [-0.15, -0.1) is 6.42 Å². The standard InChI is InChI=1S/C11H19N3O5S/c1-5-6-14(7-9(15)16)10(17)12-8-11(2,3)13-20(4,18)19/h1,13H,6-8H2,2-4H3,(H,12,17)(H,15,16). The van der Waals surface area contributed by atoms with Gasteiger partial charge >= 0.3 is 12.0 Å². The van der Waals surface area contributed by atoms with Crippen LogP contribution in [0.4, 0.5) is 4.79 Å². The normalized spacial score (nSPS) is 11.5. The van der Waals surface area contributed by atoms with E-state index < -0.39 is 34.1 Å². The van der Waals surface area contributed by atoms with Crippen molar-refractivity contribution in [2.75, 3.05) is 25.9 Å². The number of hydrogen-bond acceptors (Lipinski definition) is 4. The van der Waals surface area contributed by atoms with E-state index in [4.69, 9.17) is 11.5 Å². The van der Waals surface area contributed by atoms with Crippen molar-refractivity contribution in [2.24, 2.45) is 0 Å². The van der Waals surface area contributed by atoms with Gasteiger partial charge in [-0.1, -0.05) is 5.92 Å². The summed E-state index contributed by atoms with van der Waals surface area (Å²) in [5.41, 5.74) is -0.908. The number of carbonyl (C=O) groups excluding carboxylic acids is 1. The Hall–Kier alpha value is -1.79. The SMILES string of the molecule is C#CCN(CC(=O)O)C(=O)NCC(C)(C)NS(C)(=O)=O. The summed E-state index contributed by atoms with van der Waals surface area (Å²) in [6.07, 6.45) is 6.06. The second kappa shape index (κ2) is 7.12. The first kappa shape index (κ1) is 18.2. The Kier molecular flexibility index (Phi) is 6.48. The smallest absolute Gasteiger partial charge is 0.323 e. The molecule has 0 aliphatic rings. The van der Waals surface area contributed by atoms with Crippen LogP contribution < -0.4 is 10.0 Å². The topological polar surface area (TPSA) is 116 Å². The molecule has 0 aromatic heterocycles. The minimum absolute atomic E-state index is 0.0143. The van der Waals surface area contributed by atoms with E-state index in [1.807, 2.05) is 0 Å². The van der Waals surface area contributed by atoms with E-state index in [2.05, 4.69) is 16.0 Å². The molecule has 2 amide bonds. The molecule has 0 bridgehead atoms. The molecule has 0 saturated heterocycles. The zero-order valence-electron chi connectivity index (χ0n) is 11.6. The number of terminal acetylenes is 1. The minimum Gasteiger partial charge on any atom is -0.480 e. The number of sulfonamides is 1. The lowest BCUT2D eigenvalue weighted by atomic mass is 10.1. The molecule has 0 aliphatic heterocycles. The fourth-order valence-electron chi connectivity index (χ4n) is 1.42. The Morgan fingerprint density at radius 3 is 2.35 bits per heavy atom. The molecule has 20 heavy (non-hydrogen) atoms. The van der Waals surface area contributed by atoms with Gasteiger partial charge in [-0.25, -0.2) is 17.9 Å². The van der Waals surface area contributed by atoms with Crippen molar-refractivity contribution < 1.29 is 23.1 Å². The Morgan fingerprint density at radius 2 is 1.95 bits per heavy atom. The molecule has 0 atom stereocenters. The second-order valence-electron chi connectivity index (χ2n) is 4.87. The van der Waals surface area contributed by atoms with Crippen molar-refractivity contribution in [3.8, 4) is 12.3 Å². The predicted octanol–water partition coefficient (Wildman–Crippen LogP) is -0.956. The van der Waals surface area contributed by atoms with Crippen molar-refractivity contribution in [1.29, 1.82) is 0 Å². The fourth-order valence-corrected chi connectivity index (χ4v) is 2.50. The zero-order valence-corrected chi connectivity index (χ0v) is 12.5. The lowest BCUT2D eigenvalue weighted by Crippen LogP contribution is -2.53. The molecule has 0 unspecified atom stereocenters. The molecule has 0 saturated carbocycles. The highest BCUT2D eigenvalue weighted by atomic mass is 32.2. The summed E-state index contributed by atoms with van der Waals surface area (Å²) in [4.78, 5) is 23.3. The first-order valence-corrected chi connectivity index (χ1v) is 7.53. The number of carboxylic acid groups (broad SMARTS) is 1. The Morgan fingerprint density at radius 1 is 1.40 bits per heavy atom. The van der Waals surface area contributed by atoms with E-state index in [0.29, 0.717) is 0 Å². The van der Waals surface area contributed by atoms with Crippen molar-refractivity contribution in [2.45, 2.75) is 19.4 Å². The van der Waals surface area contributed by atoms with Crippen LogP contribution in [0, 0.1) is 12.3 Å². The van der Waals surface area contributed by atoms with Gasteiger partial charge in [0.15, 0.2) is 0 Å². The van der Waals surface area contributed by atoms with Gasteiger partial charge in [0.05, 0.1) is 12.8 Å².